The molecule has 0 bridgehead atoms. The van der Waals surface area contributed by atoms with E-state index in [9.17, 15) is 9.59 Å². The summed E-state index contributed by atoms with van der Waals surface area (Å²) in [7, 11) is 0. The highest BCUT2D eigenvalue weighted by atomic mass is 16.5. The largest absolute Gasteiger partial charge is 0.455 e. The number of esters is 1. The van der Waals surface area contributed by atoms with Gasteiger partial charge >= 0.3 is 12.0 Å². The van der Waals surface area contributed by atoms with E-state index < -0.39 is 18.5 Å². The van der Waals surface area contributed by atoms with Crippen LogP contribution < -0.4 is 5.32 Å². The molecular weight excluding hydrogens is 346 g/mol. The van der Waals surface area contributed by atoms with Gasteiger partial charge < -0.3 is 9.15 Å². The van der Waals surface area contributed by atoms with Gasteiger partial charge in [0.2, 0.25) is 5.89 Å². The number of aryl methyl sites for hydroxylation is 2. The monoisotopic (exact) mass is 365 g/mol. The Morgan fingerprint density at radius 2 is 1.81 bits per heavy atom. The third-order valence-corrected chi connectivity index (χ3v) is 3.98. The Morgan fingerprint density at radius 3 is 2.56 bits per heavy atom. The van der Waals surface area contributed by atoms with E-state index in [0.29, 0.717) is 0 Å². The maximum atomic E-state index is 11.9. The van der Waals surface area contributed by atoms with Crippen molar-refractivity contribution in [3.63, 3.8) is 0 Å². The number of rotatable bonds is 6. The van der Waals surface area contributed by atoms with Crippen LogP contribution in [0, 0.1) is 13.8 Å². The Labute approximate surface area is 156 Å². The van der Waals surface area contributed by atoms with E-state index in [0.717, 1.165) is 22.3 Å². The number of carbonyl (C=O) groups excluding carboxylic acids is 2. The molecule has 0 fully saturated rings. The van der Waals surface area contributed by atoms with Gasteiger partial charge in [0, 0.05) is 5.56 Å². The molecule has 0 saturated heterocycles. The first-order chi connectivity index (χ1) is 13.0. The van der Waals surface area contributed by atoms with Crippen LogP contribution in [0.15, 0.2) is 52.9 Å². The molecule has 1 aromatic heterocycles. The average Bonchev–Trinajstić information content (AvgIpc) is 3.12. The summed E-state index contributed by atoms with van der Waals surface area (Å²) in [5.74, 6) is -0.742. The lowest BCUT2D eigenvalue weighted by molar-refractivity contribution is -0.146. The van der Waals surface area contributed by atoms with Crippen molar-refractivity contribution in [2.45, 2.75) is 20.3 Å². The smallest absolute Gasteiger partial charge is 0.322 e. The van der Waals surface area contributed by atoms with Gasteiger partial charge in [0.15, 0.2) is 6.61 Å². The van der Waals surface area contributed by atoms with Crippen LogP contribution in [0.4, 0.5) is 6.01 Å². The van der Waals surface area contributed by atoms with Crippen molar-refractivity contribution in [3.05, 3.63) is 65.2 Å². The molecule has 0 radical (unpaired) electrons. The fourth-order valence-electron chi connectivity index (χ4n) is 2.40. The summed E-state index contributed by atoms with van der Waals surface area (Å²) in [6, 6.07) is 14.9. The highest BCUT2D eigenvalue weighted by molar-refractivity contribution is 5.91. The lowest BCUT2D eigenvalue weighted by Gasteiger charge is -2.06. The van der Waals surface area contributed by atoms with Gasteiger partial charge in [0.05, 0.1) is 6.42 Å². The van der Waals surface area contributed by atoms with Crippen molar-refractivity contribution >= 4 is 17.9 Å². The summed E-state index contributed by atoms with van der Waals surface area (Å²) in [5.41, 5.74) is 3.84. The lowest BCUT2D eigenvalue weighted by atomic mass is 10.0. The predicted octanol–water partition coefficient (Wildman–Crippen LogP) is 3.08. The summed E-state index contributed by atoms with van der Waals surface area (Å²) >= 11 is 0. The predicted molar refractivity (Wildman–Crippen MR) is 98.9 cm³/mol. The first-order valence-electron chi connectivity index (χ1n) is 8.42. The molecule has 1 amide bonds. The zero-order valence-corrected chi connectivity index (χ0v) is 15.1. The second-order valence-electron chi connectivity index (χ2n) is 6.08. The molecule has 1 N–H and O–H groups in total. The number of carbonyl (C=O) groups is 2. The van der Waals surface area contributed by atoms with E-state index in [1.165, 1.54) is 0 Å². The first kappa shape index (κ1) is 18.3. The number of nitrogens with one attached hydrogen (secondary N) is 1. The number of ether oxygens (including phenoxy) is 1. The van der Waals surface area contributed by atoms with Gasteiger partial charge in [-0.15, -0.1) is 5.10 Å². The van der Waals surface area contributed by atoms with Gasteiger partial charge in [0.25, 0.3) is 5.91 Å². The van der Waals surface area contributed by atoms with E-state index in [1.54, 1.807) is 0 Å². The second kappa shape index (κ2) is 8.27. The number of nitrogens with zero attached hydrogens (tertiary/aromatic N) is 2. The fourth-order valence-corrected chi connectivity index (χ4v) is 2.40. The Bertz CT molecular complexity index is 951. The van der Waals surface area contributed by atoms with Crippen LogP contribution in [0.1, 0.15) is 16.7 Å². The summed E-state index contributed by atoms with van der Waals surface area (Å²) in [5, 5.41) is 10.0. The summed E-state index contributed by atoms with van der Waals surface area (Å²) < 4.78 is 10.4. The van der Waals surface area contributed by atoms with Crippen molar-refractivity contribution in [3.8, 4) is 11.5 Å². The SMILES string of the molecule is Cc1ccc(CC(=O)OCC(=O)Nc2nnc(-c3ccccc3)o2)cc1C. The lowest BCUT2D eigenvalue weighted by Crippen LogP contribution is -2.21. The number of anilines is 1. The normalized spacial score (nSPS) is 10.4. The standard InChI is InChI=1S/C20H19N3O4/c1-13-8-9-15(10-14(13)2)11-18(25)26-12-17(24)21-20-23-22-19(27-20)16-6-4-3-5-7-16/h3-10H,11-12H2,1-2H3,(H,21,23,24). The van der Waals surface area contributed by atoms with Crippen LogP contribution in [0.2, 0.25) is 0 Å². The van der Waals surface area contributed by atoms with E-state index in [4.69, 9.17) is 9.15 Å². The summed E-state index contributed by atoms with van der Waals surface area (Å²) in [6.45, 7) is 3.56. The molecule has 27 heavy (non-hydrogen) atoms. The molecule has 2 aromatic carbocycles. The third kappa shape index (κ3) is 5.01. The Hall–Kier alpha value is -3.48. The van der Waals surface area contributed by atoms with Gasteiger partial charge in [0.1, 0.15) is 0 Å². The Kier molecular flexibility index (Phi) is 5.61. The van der Waals surface area contributed by atoms with Crippen LogP contribution in [0.5, 0.6) is 0 Å². The molecule has 0 aliphatic heterocycles. The van der Waals surface area contributed by atoms with Crippen molar-refractivity contribution in [2.24, 2.45) is 0 Å². The number of hydrogen-bond acceptors (Lipinski definition) is 6. The molecule has 0 saturated carbocycles. The molecule has 3 rings (SSSR count). The minimum absolute atomic E-state index is 0.0518. The first-order valence-corrected chi connectivity index (χ1v) is 8.42. The molecule has 0 atom stereocenters. The van der Waals surface area contributed by atoms with E-state index in [1.807, 2.05) is 62.4 Å². The Morgan fingerprint density at radius 1 is 1.04 bits per heavy atom. The van der Waals surface area contributed by atoms with Gasteiger partial charge in [-0.05, 0) is 42.7 Å². The van der Waals surface area contributed by atoms with Crippen molar-refractivity contribution < 1.29 is 18.7 Å². The zero-order valence-electron chi connectivity index (χ0n) is 15.1. The maximum Gasteiger partial charge on any atom is 0.322 e. The van der Waals surface area contributed by atoms with Crippen LogP contribution in [0.3, 0.4) is 0 Å². The Balaban J connectivity index is 1.49. The highest BCUT2D eigenvalue weighted by Gasteiger charge is 2.13. The second-order valence-corrected chi connectivity index (χ2v) is 6.08. The number of aromatic nitrogens is 2. The van der Waals surface area contributed by atoms with Gasteiger partial charge in [-0.1, -0.05) is 41.5 Å². The van der Waals surface area contributed by atoms with Crippen molar-refractivity contribution in [1.82, 2.24) is 10.2 Å². The number of benzene rings is 2. The summed E-state index contributed by atoms with van der Waals surface area (Å²) in [4.78, 5) is 23.8. The molecule has 7 heteroatoms. The zero-order chi connectivity index (χ0) is 19.2. The van der Waals surface area contributed by atoms with Crippen LogP contribution in [-0.2, 0) is 20.7 Å². The molecule has 0 aliphatic rings. The molecule has 138 valence electrons. The molecule has 0 unspecified atom stereocenters. The van der Waals surface area contributed by atoms with Gasteiger partial charge in [-0.3, -0.25) is 14.9 Å². The topological polar surface area (TPSA) is 94.3 Å². The molecule has 0 aliphatic carbocycles. The van der Waals surface area contributed by atoms with Crippen molar-refractivity contribution in [1.29, 1.82) is 0 Å². The van der Waals surface area contributed by atoms with Crippen LogP contribution >= 0.6 is 0 Å². The third-order valence-electron chi connectivity index (χ3n) is 3.98. The number of amides is 1. The van der Waals surface area contributed by atoms with E-state index >= 15 is 0 Å². The molecular formula is C20H19N3O4. The van der Waals surface area contributed by atoms with Gasteiger partial charge in [-0.2, -0.15) is 0 Å². The average molecular weight is 365 g/mol. The van der Waals surface area contributed by atoms with Crippen molar-refractivity contribution in [2.75, 3.05) is 11.9 Å². The molecule has 3 aromatic rings. The molecule has 1 heterocycles. The minimum Gasteiger partial charge on any atom is -0.455 e. The fraction of sp³-hybridized carbons (Fsp3) is 0.200. The molecule has 0 spiro atoms. The number of hydrogen-bond donors (Lipinski definition) is 1. The van der Waals surface area contributed by atoms with Crippen LogP contribution in [0.25, 0.3) is 11.5 Å². The summed E-state index contributed by atoms with van der Waals surface area (Å²) in [6.07, 6.45) is 0.104. The minimum atomic E-state index is -0.549. The van der Waals surface area contributed by atoms with E-state index in [-0.39, 0.29) is 18.3 Å². The quantitative estimate of drug-likeness (QED) is 0.675. The van der Waals surface area contributed by atoms with E-state index in [2.05, 4.69) is 15.5 Å². The highest BCUT2D eigenvalue weighted by Crippen LogP contribution is 2.19. The maximum absolute atomic E-state index is 11.9. The van der Waals surface area contributed by atoms with Crippen LogP contribution in [-0.4, -0.2) is 28.7 Å². The van der Waals surface area contributed by atoms with Gasteiger partial charge in [-0.25, -0.2) is 0 Å². The molecule has 7 nitrogen and oxygen atoms in total.